The topological polar surface area (TPSA) is 55.1 Å². The number of anilines is 1. The van der Waals surface area contributed by atoms with Crippen molar-refractivity contribution < 1.29 is 9.18 Å². The molecule has 6 heteroatoms. The van der Waals surface area contributed by atoms with E-state index in [1.165, 1.54) is 12.1 Å². The molecule has 1 aromatic carbocycles. The van der Waals surface area contributed by atoms with Crippen LogP contribution in [-0.2, 0) is 4.79 Å². The number of hydrogen-bond acceptors (Lipinski definition) is 2. The van der Waals surface area contributed by atoms with Crippen LogP contribution in [0, 0.1) is 5.82 Å². The van der Waals surface area contributed by atoms with Crippen molar-refractivity contribution in [2.24, 2.45) is 5.73 Å². The van der Waals surface area contributed by atoms with Crippen molar-refractivity contribution in [3.05, 3.63) is 28.0 Å². The normalized spacial score (nSPS) is 10.1. The first-order chi connectivity index (χ1) is 7.04. The second-order valence-electron chi connectivity index (χ2n) is 2.84. The molecule has 1 rings (SSSR count). The largest absolute Gasteiger partial charge is 0.330 e. The Bertz CT molecular complexity index is 361. The lowest BCUT2D eigenvalue weighted by Gasteiger charge is -2.06. The zero-order chi connectivity index (χ0) is 11.4. The van der Waals surface area contributed by atoms with Gasteiger partial charge in [0.05, 0.1) is 10.0 Å². The first-order valence-corrected chi connectivity index (χ1v) is 4.94. The minimum absolute atomic E-state index is 0.134. The van der Waals surface area contributed by atoms with E-state index in [-0.39, 0.29) is 28.9 Å². The number of carbonyl (C=O) groups is 1. The fourth-order valence-electron chi connectivity index (χ4n) is 0.982. The van der Waals surface area contributed by atoms with Crippen molar-refractivity contribution >= 4 is 34.8 Å². The van der Waals surface area contributed by atoms with E-state index < -0.39 is 5.82 Å². The Morgan fingerprint density at radius 2 is 1.93 bits per heavy atom. The molecule has 1 aromatic rings. The highest BCUT2D eigenvalue weighted by Gasteiger charge is 2.09. The fourth-order valence-corrected chi connectivity index (χ4v) is 1.47. The molecule has 15 heavy (non-hydrogen) atoms. The lowest BCUT2D eigenvalue weighted by Crippen LogP contribution is -2.16. The molecule has 0 aromatic heterocycles. The van der Waals surface area contributed by atoms with Crippen LogP contribution >= 0.6 is 23.2 Å². The summed E-state index contributed by atoms with van der Waals surface area (Å²) in [5.41, 5.74) is 5.55. The highest BCUT2D eigenvalue weighted by molar-refractivity contribution is 6.35. The molecule has 1 amide bonds. The fraction of sp³-hybridized carbons (Fsp3) is 0.222. The van der Waals surface area contributed by atoms with Gasteiger partial charge in [-0.3, -0.25) is 4.79 Å². The summed E-state index contributed by atoms with van der Waals surface area (Å²) in [5, 5.41) is 2.23. The van der Waals surface area contributed by atoms with Gasteiger partial charge in [-0.1, -0.05) is 23.2 Å². The summed E-state index contributed by atoms with van der Waals surface area (Å²) in [6, 6.07) is 2.58. The van der Waals surface area contributed by atoms with E-state index in [0.29, 0.717) is 5.69 Å². The van der Waals surface area contributed by atoms with E-state index in [4.69, 9.17) is 28.9 Å². The lowest BCUT2D eigenvalue weighted by molar-refractivity contribution is -0.116. The quantitative estimate of drug-likeness (QED) is 0.810. The van der Waals surface area contributed by atoms with Gasteiger partial charge < -0.3 is 11.1 Å². The van der Waals surface area contributed by atoms with E-state index in [9.17, 15) is 9.18 Å². The maximum Gasteiger partial charge on any atom is 0.225 e. The van der Waals surface area contributed by atoms with E-state index in [2.05, 4.69) is 5.32 Å². The molecule has 0 aliphatic carbocycles. The number of nitrogens with two attached hydrogens (primary N) is 1. The number of amides is 1. The van der Waals surface area contributed by atoms with E-state index in [0.717, 1.165) is 0 Å². The van der Waals surface area contributed by atoms with Gasteiger partial charge in [0.25, 0.3) is 0 Å². The van der Waals surface area contributed by atoms with Crippen molar-refractivity contribution in [2.45, 2.75) is 6.42 Å². The Hall–Kier alpha value is -0.840. The molecule has 0 aliphatic heterocycles. The standard InChI is InChI=1S/C9H9Cl2FN2O/c10-6-3-5(4-7(11)9(6)12)14-8(15)1-2-13/h3-4H,1-2,13H2,(H,14,15). The minimum atomic E-state index is -0.699. The van der Waals surface area contributed by atoms with E-state index >= 15 is 0 Å². The molecule has 82 valence electrons. The predicted octanol–water partition coefficient (Wildman–Crippen LogP) is 2.42. The summed E-state index contributed by atoms with van der Waals surface area (Å²) in [7, 11) is 0. The van der Waals surface area contributed by atoms with Crippen molar-refractivity contribution in [3.8, 4) is 0 Å². The van der Waals surface area contributed by atoms with Crippen molar-refractivity contribution in [3.63, 3.8) is 0 Å². The number of hydrogen-bond donors (Lipinski definition) is 2. The second kappa shape index (κ2) is 5.30. The number of carbonyl (C=O) groups excluding carboxylic acids is 1. The summed E-state index contributed by atoms with van der Waals surface area (Å²) >= 11 is 11.1. The monoisotopic (exact) mass is 250 g/mol. The zero-order valence-electron chi connectivity index (χ0n) is 7.69. The molecule has 3 nitrogen and oxygen atoms in total. The third kappa shape index (κ3) is 3.34. The highest BCUT2D eigenvalue weighted by Crippen LogP contribution is 2.27. The van der Waals surface area contributed by atoms with Crippen LogP contribution in [0.3, 0.4) is 0 Å². The van der Waals surface area contributed by atoms with Crippen LogP contribution in [0.2, 0.25) is 10.0 Å². The Kier molecular flexibility index (Phi) is 4.32. The number of halogens is 3. The molecule has 0 bridgehead atoms. The van der Waals surface area contributed by atoms with Gasteiger partial charge in [-0.25, -0.2) is 4.39 Å². The zero-order valence-corrected chi connectivity index (χ0v) is 9.20. The van der Waals surface area contributed by atoms with Gasteiger partial charge in [-0.15, -0.1) is 0 Å². The van der Waals surface area contributed by atoms with Crippen LogP contribution in [0.15, 0.2) is 12.1 Å². The number of benzene rings is 1. The summed E-state index contributed by atoms with van der Waals surface area (Å²) in [5.74, 6) is -0.966. The van der Waals surface area contributed by atoms with Crippen molar-refractivity contribution in [1.82, 2.24) is 0 Å². The Labute approximate surface area is 96.3 Å². The maximum atomic E-state index is 13.0. The van der Waals surface area contributed by atoms with Gasteiger partial charge in [-0.2, -0.15) is 0 Å². The highest BCUT2D eigenvalue weighted by atomic mass is 35.5. The Balaban J connectivity index is 2.83. The van der Waals surface area contributed by atoms with Crippen molar-refractivity contribution in [2.75, 3.05) is 11.9 Å². The van der Waals surface area contributed by atoms with Crippen LogP contribution in [0.1, 0.15) is 6.42 Å². The number of nitrogens with one attached hydrogen (secondary N) is 1. The van der Waals surface area contributed by atoms with Crippen LogP contribution in [0.25, 0.3) is 0 Å². The second-order valence-corrected chi connectivity index (χ2v) is 3.66. The average Bonchev–Trinajstić information content (AvgIpc) is 2.14. The first-order valence-electron chi connectivity index (χ1n) is 4.19. The van der Waals surface area contributed by atoms with Crippen molar-refractivity contribution in [1.29, 1.82) is 0 Å². The predicted molar refractivity (Wildman–Crippen MR) is 58.7 cm³/mol. The lowest BCUT2D eigenvalue weighted by atomic mass is 10.3. The first kappa shape index (κ1) is 12.2. The maximum absolute atomic E-state index is 13.0. The molecule has 0 spiro atoms. The molecule has 0 radical (unpaired) electrons. The molecule has 0 heterocycles. The van der Waals surface area contributed by atoms with Gasteiger partial charge in [0.2, 0.25) is 5.91 Å². The molecular formula is C9H9Cl2FN2O. The summed E-state index contributed by atoms with van der Waals surface area (Å²) in [6.45, 7) is 0.245. The minimum Gasteiger partial charge on any atom is -0.330 e. The smallest absolute Gasteiger partial charge is 0.225 e. The van der Waals surface area contributed by atoms with Gasteiger partial charge in [0.15, 0.2) is 5.82 Å². The SMILES string of the molecule is NCCC(=O)Nc1cc(Cl)c(F)c(Cl)c1. The average molecular weight is 251 g/mol. The summed E-state index contributed by atoms with van der Waals surface area (Å²) in [6.07, 6.45) is 0.187. The van der Waals surface area contributed by atoms with Gasteiger partial charge in [0.1, 0.15) is 0 Å². The van der Waals surface area contributed by atoms with Gasteiger partial charge >= 0.3 is 0 Å². The number of rotatable bonds is 3. The molecule has 0 saturated carbocycles. The van der Waals surface area contributed by atoms with Gasteiger partial charge in [0, 0.05) is 18.7 Å². The Morgan fingerprint density at radius 1 is 1.40 bits per heavy atom. The molecule has 3 N–H and O–H groups in total. The molecule has 0 aliphatic rings. The summed E-state index contributed by atoms with van der Waals surface area (Å²) in [4.78, 5) is 11.1. The van der Waals surface area contributed by atoms with Crippen LogP contribution in [0.4, 0.5) is 10.1 Å². The molecule has 0 fully saturated rings. The third-order valence-electron chi connectivity index (χ3n) is 1.64. The van der Waals surface area contributed by atoms with Gasteiger partial charge in [-0.05, 0) is 12.1 Å². The molecule has 0 atom stereocenters. The summed E-state index contributed by atoms with van der Waals surface area (Å²) < 4.78 is 13.0. The Morgan fingerprint density at radius 3 is 2.40 bits per heavy atom. The van der Waals surface area contributed by atoms with Crippen LogP contribution in [-0.4, -0.2) is 12.5 Å². The van der Waals surface area contributed by atoms with Crippen LogP contribution in [0.5, 0.6) is 0 Å². The van der Waals surface area contributed by atoms with E-state index in [1.807, 2.05) is 0 Å². The molecule has 0 saturated heterocycles. The van der Waals surface area contributed by atoms with E-state index in [1.54, 1.807) is 0 Å². The molecular weight excluding hydrogens is 242 g/mol. The van der Waals surface area contributed by atoms with Crippen LogP contribution < -0.4 is 11.1 Å². The third-order valence-corrected chi connectivity index (χ3v) is 2.19. The molecule has 0 unspecified atom stereocenters.